The zero-order valence-corrected chi connectivity index (χ0v) is 10.0. The molecule has 0 spiro atoms. The second-order valence-electron chi connectivity index (χ2n) is 3.90. The van der Waals surface area contributed by atoms with Gasteiger partial charge in [0, 0.05) is 31.5 Å². The summed E-state index contributed by atoms with van der Waals surface area (Å²) in [4.78, 5) is 18.4. The Kier molecular flexibility index (Phi) is 2.86. The first-order chi connectivity index (χ1) is 8.06. The SMILES string of the molecule is Cc1ccc(-c2nc(N)nc(N(C)C)n2)cn1. The summed E-state index contributed by atoms with van der Waals surface area (Å²) >= 11 is 0. The Labute approximate surface area is 99.6 Å². The molecule has 6 heteroatoms. The van der Waals surface area contributed by atoms with E-state index in [0.29, 0.717) is 11.8 Å². The molecule has 6 nitrogen and oxygen atoms in total. The van der Waals surface area contributed by atoms with Gasteiger partial charge < -0.3 is 10.6 Å². The van der Waals surface area contributed by atoms with Crippen LogP contribution < -0.4 is 10.6 Å². The number of rotatable bonds is 2. The zero-order chi connectivity index (χ0) is 12.4. The highest BCUT2D eigenvalue weighted by molar-refractivity contribution is 5.56. The van der Waals surface area contributed by atoms with Gasteiger partial charge in [0.15, 0.2) is 5.82 Å². The van der Waals surface area contributed by atoms with Gasteiger partial charge in [-0.05, 0) is 19.1 Å². The van der Waals surface area contributed by atoms with Gasteiger partial charge >= 0.3 is 0 Å². The van der Waals surface area contributed by atoms with Gasteiger partial charge in [0.25, 0.3) is 0 Å². The minimum Gasteiger partial charge on any atom is -0.368 e. The quantitative estimate of drug-likeness (QED) is 0.825. The summed E-state index contributed by atoms with van der Waals surface area (Å²) < 4.78 is 0. The van der Waals surface area contributed by atoms with Gasteiger partial charge in [-0.3, -0.25) is 4.98 Å². The van der Waals surface area contributed by atoms with E-state index in [0.717, 1.165) is 11.3 Å². The molecule has 0 amide bonds. The Balaban J connectivity index is 2.48. The van der Waals surface area contributed by atoms with E-state index in [1.54, 1.807) is 11.1 Å². The molecule has 2 N–H and O–H groups in total. The second-order valence-corrected chi connectivity index (χ2v) is 3.90. The molecule has 0 bridgehead atoms. The summed E-state index contributed by atoms with van der Waals surface area (Å²) in [5.41, 5.74) is 7.43. The number of aryl methyl sites for hydroxylation is 1. The zero-order valence-electron chi connectivity index (χ0n) is 10.0. The van der Waals surface area contributed by atoms with Crippen LogP contribution in [0.1, 0.15) is 5.69 Å². The predicted octanol–water partition coefficient (Wildman–Crippen LogP) is 0.890. The van der Waals surface area contributed by atoms with Crippen molar-refractivity contribution in [3.63, 3.8) is 0 Å². The lowest BCUT2D eigenvalue weighted by Gasteiger charge is -2.11. The molecule has 0 aliphatic heterocycles. The Morgan fingerprint density at radius 2 is 1.88 bits per heavy atom. The van der Waals surface area contributed by atoms with Crippen molar-refractivity contribution in [2.45, 2.75) is 6.92 Å². The van der Waals surface area contributed by atoms with Crippen LogP contribution >= 0.6 is 0 Å². The fourth-order valence-electron chi connectivity index (χ4n) is 1.31. The molecule has 0 saturated carbocycles. The maximum atomic E-state index is 5.66. The monoisotopic (exact) mass is 230 g/mol. The normalized spacial score (nSPS) is 10.3. The molecule has 0 saturated heterocycles. The minimum atomic E-state index is 0.208. The molecule has 17 heavy (non-hydrogen) atoms. The molecular formula is C11H14N6. The molecule has 0 aliphatic rings. The number of hydrogen-bond donors (Lipinski definition) is 1. The topological polar surface area (TPSA) is 80.8 Å². The standard InChI is InChI=1S/C11H14N6/c1-7-4-5-8(6-13-7)9-14-10(12)16-11(15-9)17(2)3/h4-6H,1-3H3,(H2,12,14,15,16). The molecule has 2 heterocycles. The fraction of sp³-hybridized carbons (Fsp3) is 0.273. The molecule has 0 radical (unpaired) electrons. The molecular weight excluding hydrogens is 216 g/mol. The van der Waals surface area contributed by atoms with Crippen molar-refractivity contribution in [1.82, 2.24) is 19.9 Å². The van der Waals surface area contributed by atoms with Gasteiger partial charge in [-0.1, -0.05) is 0 Å². The highest BCUT2D eigenvalue weighted by Gasteiger charge is 2.08. The number of pyridine rings is 1. The van der Waals surface area contributed by atoms with Gasteiger partial charge in [-0.2, -0.15) is 15.0 Å². The smallest absolute Gasteiger partial charge is 0.230 e. The molecule has 0 fully saturated rings. The Morgan fingerprint density at radius 1 is 1.12 bits per heavy atom. The van der Waals surface area contributed by atoms with E-state index in [4.69, 9.17) is 5.73 Å². The number of nitrogens with zero attached hydrogens (tertiary/aromatic N) is 5. The van der Waals surface area contributed by atoms with E-state index in [2.05, 4.69) is 19.9 Å². The van der Waals surface area contributed by atoms with Crippen molar-refractivity contribution in [3.05, 3.63) is 24.0 Å². The molecule has 2 aromatic rings. The van der Waals surface area contributed by atoms with Gasteiger partial charge in [0.1, 0.15) is 0 Å². The molecule has 0 atom stereocenters. The summed E-state index contributed by atoms with van der Waals surface area (Å²) in [6, 6.07) is 3.82. The van der Waals surface area contributed by atoms with E-state index in [-0.39, 0.29) is 5.95 Å². The van der Waals surface area contributed by atoms with Crippen molar-refractivity contribution in [1.29, 1.82) is 0 Å². The van der Waals surface area contributed by atoms with Crippen molar-refractivity contribution in [2.24, 2.45) is 0 Å². The van der Waals surface area contributed by atoms with Crippen LogP contribution in [0.4, 0.5) is 11.9 Å². The van der Waals surface area contributed by atoms with Crippen molar-refractivity contribution in [2.75, 3.05) is 24.7 Å². The van der Waals surface area contributed by atoms with E-state index in [1.807, 2.05) is 33.2 Å². The molecule has 88 valence electrons. The highest BCUT2D eigenvalue weighted by Crippen LogP contribution is 2.16. The average molecular weight is 230 g/mol. The number of hydrogen-bond acceptors (Lipinski definition) is 6. The van der Waals surface area contributed by atoms with E-state index >= 15 is 0 Å². The second kappa shape index (κ2) is 4.32. The van der Waals surface area contributed by atoms with E-state index < -0.39 is 0 Å². The van der Waals surface area contributed by atoms with Crippen LogP contribution in [0, 0.1) is 6.92 Å². The van der Waals surface area contributed by atoms with Crippen molar-refractivity contribution < 1.29 is 0 Å². The number of aromatic nitrogens is 4. The fourth-order valence-corrected chi connectivity index (χ4v) is 1.31. The first kappa shape index (κ1) is 11.3. The number of nitrogen functional groups attached to an aromatic ring is 1. The maximum absolute atomic E-state index is 5.66. The Morgan fingerprint density at radius 3 is 2.47 bits per heavy atom. The number of nitrogens with two attached hydrogens (primary N) is 1. The minimum absolute atomic E-state index is 0.208. The summed E-state index contributed by atoms with van der Waals surface area (Å²) in [6.07, 6.45) is 1.73. The van der Waals surface area contributed by atoms with Crippen molar-refractivity contribution >= 4 is 11.9 Å². The third-order valence-corrected chi connectivity index (χ3v) is 2.21. The van der Waals surface area contributed by atoms with Gasteiger partial charge in [-0.15, -0.1) is 0 Å². The van der Waals surface area contributed by atoms with Crippen LogP contribution in [-0.4, -0.2) is 34.0 Å². The first-order valence-corrected chi connectivity index (χ1v) is 5.18. The lowest BCUT2D eigenvalue weighted by atomic mass is 10.2. The molecule has 0 aliphatic carbocycles. The predicted molar refractivity (Wildman–Crippen MR) is 66.5 cm³/mol. The molecule has 2 aromatic heterocycles. The van der Waals surface area contributed by atoms with Crippen LogP contribution in [0.25, 0.3) is 11.4 Å². The third kappa shape index (κ3) is 2.47. The Hall–Kier alpha value is -2.24. The lowest BCUT2D eigenvalue weighted by molar-refractivity contribution is 0.968. The number of anilines is 2. The maximum Gasteiger partial charge on any atom is 0.230 e. The largest absolute Gasteiger partial charge is 0.368 e. The summed E-state index contributed by atoms with van der Waals surface area (Å²) in [5.74, 6) is 1.28. The van der Waals surface area contributed by atoms with Crippen LogP contribution in [0.3, 0.4) is 0 Å². The van der Waals surface area contributed by atoms with E-state index in [9.17, 15) is 0 Å². The Bertz CT molecular complexity index is 520. The molecule has 0 unspecified atom stereocenters. The summed E-state index contributed by atoms with van der Waals surface area (Å²) in [5, 5.41) is 0. The average Bonchev–Trinajstić information content (AvgIpc) is 2.29. The summed E-state index contributed by atoms with van der Waals surface area (Å²) in [7, 11) is 3.71. The van der Waals surface area contributed by atoms with Crippen LogP contribution in [0.5, 0.6) is 0 Å². The summed E-state index contributed by atoms with van der Waals surface area (Å²) in [6.45, 7) is 1.93. The van der Waals surface area contributed by atoms with E-state index in [1.165, 1.54) is 0 Å². The third-order valence-electron chi connectivity index (χ3n) is 2.21. The van der Waals surface area contributed by atoms with Crippen LogP contribution in [-0.2, 0) is 0 Å². The van der Waals surface area contributed by atoms with Gasteiger partial charge in [0.05, 0.1) is 0 Å². The van der Waals surface area contributed by atoms with Crippen molar-refractivity contribution in [3.8, 4) is 11.4 Å². The molecule has 0 aromatic carbocycles. The highest BCUT2D eigenvalue weighted by atomic mass is 15.3. The lowest BCUT2D eigenvalue weighted by Crippen LogP contribution is -2.15. The first-order valence-electron chi connectivity index (χ1n) is 5.18. The van der Waals surface area contributed by atoms with Crippen LogP contribution in [0.15, 0.2) is 18.3 Å². The van der Waals surface area contributed by atoms with Gasteiger partial charge in [-0.25, -0.2) is 0 Å². The van der Waals surface area contributed by atoms with Gasteiger partial charge in [0.2, 0.25) is 11.9 Å². The molecule has 2 rings (SSSR count). The van der Waals surface area contributed by atoms with Crippen LogP contribution in [0.2, 0.25) is 0 Å².